The van der Waals surface area contributed by atoms with Crippen LogP contribution < -0.4 is 5.32 Å². The highest BCUT2D eigenvalue weighted by Gasteiger charge is 2.08. The number of aryl methyl sites for hydroxylation is 1. The van der Waals surface area contributed by atoms with Crippen LogP contribution in [-0.2, 0) is 6.54 Å². The van der Waals surface area contributed by atoms with E-state index in [2.05, 4.69) is 26.2 Å². The van der Waals surface area contributed by atoms with Crippen LogP contribution in [0.2, 0.25) is 0 Å². The van der Waals surface area contributed by atoms with E-state index >= 15 is 0 Å². The van der Waals surface area contributed by atoms with E-state index in [4.69, 9.17) is 0 Å². The highest BCUT2D eigenvalue weighted by molar-refractivity contribution is 9.10. The van der Waals surface area contributed by atoms with Crippen molar-refractivity contribution in [1.29, 1.82) is 0 Å². The number of pyridine rings is 1. The number of phenols is 1. The van der Waals surface area contributed by atoms with E-state index in [1.165, 1.54) is 6.07 Å². The quantitative estimate of drug-likeness (QED) is 0.914. The van der Waals surface area contributed by atoms with E-state index < -0.39 is 0 Å². The standard InChI is InChI=1S/C14H13BrN2O2/c1-9-3-2-4-11(17-9)8-16-14(19)10-5-6-12(15)13(18)7-10/h2-7,18H,8H2,1H3,(H,16,19). The van der Waals surface area contributed by atoms with E-state index in [1.807, 2.05) is 25.1 Å². The van der Waals surface area contributed by atoms with Gasteiger partial charge in [-0.25, -0.2) is 0 Å². The fraction of sp³-hybridized carbons (Fsp3) is 0.143. The van der Waals surface area contributed by atoms with Crippen molar-refractivity contribution in [2.45, 2.75) is 13.5 Å². The van der Waals surface area contributed by atoms with E-state index in [9.17, 15) is 9.90 Å². The van der Waals surface area contributed by atoms with Gasteiger partial charge in [-0.1, -0.05) is 6.07 Å². The van der Waals surface area contributed by atoms with Crippen LogP contribution >= 0.6 is 15.9 Å². The number of aromatic hydroxyl groups is 1. The molecule has 5 heteroatoms. The SMILES string of the molecule is Cc1cccc(CNC(=O)c2ccc(Br)c(O)c2)n1. The molecule has 1 aromatic heterocycles. The Kier molecular flexibility index (Phi) is 4.16. The van der Waals surface area contributed by atoms with Gasteiger partial charge in [0, 0.05) is 11.3 Å². The van der Waals surface area contributed by atoms with Crippen LogP contribution in [0.3, 0.4) is 0 Å². The third-order valence-corrected chi connectivity index (χ3v) is 3.25. The molecule has 19 heavy (non-hydrogen) atoms. The fourth-order valence-corrected chi connectivity index (χ4v) is 1.87. The number of aromatic nitrogens is 1. The molecular weight excluding hydrogens is 308 g/mol. The van der Waals surface area contributed by atoms with Crippen molar-refractivity contribution < 1.29 is 9.90 Å². The summed E-state index contributed by atoms with van der Waals surface area (Å²) in [5.74, 6) is -0.201. The molecule has 0 aliphatic carbocycles. The number of benzene rings is 1. The third-order valence-electron chi connectivity index (χ3n) is 2.58. The van der Waals surface area contributed by atoms with Crippen LogP contribution in [0.15, 0.2) is 40.9 Å². The van der Waals surface area contributed by atoms with E-state index in [1.54, 1.807) is 12.1 Å². The topological polar surface area (TPSA) is 62.2 Å². The summed E-state index contributed by atoms with van der Waals surface area (Å²) in [6.07, 6.45) is 0. The van der Waals surface area contributed by atoms with Crippen LogP contribution in [0, 0.1) is 6.92 Å². The van der Waals surface area contributed by atoms with Crippen molar-refractivity contribution in [3.05, 3.63) is 57.8 Å². The first-order chi connectivity index (χ1) is 9.06. The van der Waals surface area contributed by atoms with Crippen LogP contribution in [0.5, 0.6) is 5.75 Å². The summed E-state index contributed by atoms with van der Waals surface area (Å²) in [7, 11) is 0. The number of amides is 1. The number of rotatable bonds is 3. The first kappa shape index (κ1) is 13.5. The Morgan fingerprint density at radius 1 is 1.37 bits per heavy atom. The van der Waals surface area contributed by atoms with Gasteiger partial charge in [0.2, 0.25) is 0 Å². The maximum absolute atomic E-state index is 11.9. The second-order valence-corrected chi connectivity index (χ2v) is 4.97. The number of nitrogens with one attached hydrogen (secondary N) is 1. The lowest BCUT2D eigenvalue weighted by atomic mass is 10.2. The van der Waals surface area contributed by atoms with Crippen molar-refractivity contribution in [2.24, 2.45) is 0 Å². The van der Waals surface area contributed by atoms with Gasteiger partial charge in [-0.05, 0) is 53.2 Å². The summed E-state index contributed by atoms with van der Waals surface area (Å²) in [6.45, 7) is 2.26. The minimum Gasteiger partial charge on any atom is -0.507 e. The number of halogens is 1. The summed E-state index contributed by atoms with van der Waals surface area (Å²) in [5.41, 5.74) is 2.12. The monoisotopic (exact) mass is 320 g/mol. The molecule has 0 saturated carbocycles. The molecule has 4 nitrogen and oxygen atoms in total. The third kappa shape index (κ3) is 3.54. The molecule has 2 rings (SSSR count). The first-order valence-electron chi connectivity index (χ1n) is 5.75. The minimum atomic E-state index is -0.244. The highest BCUT2D eigenvalue weighted by Crippen LogP contribution is 2.24. The number of hydrogen-bond donors (Lipinski definition) is 2. The maximum Gasteiger partial charge on any atom is 0.251 e. The van der Waals surface area contributed by atoms with Crippen LogP contribution in [0.4, 0.5) is 0 Å². The summed E-state index contributed by atoms with van der Waals surface area (Å²) in [5, 5.41) is 12.3. The normalized spacial score (nSPS) is 10.2. The molecule has 98 valence electrons. The second kappa shape index (κ2) is 5.84. The molecule has 2 aromatic rings. The van der Waals surface area contributed by atoms with Gasteiger partial charge in [-0.3, -0.25) is 9.78 Å². The Hall–Kier alpha value is -1.88. The minimum absolute atomic E-state index is 0.0429. The summed E-state index contributed by atoms with van der Waals surface area (Å²) >= 11 is 3.17. The van der Waals surface area contributed by atoms with Crippen LogP contribution in [0.25, 0.3) is 0 Å². The van der Waals surface area contributed by atoms with E-state index in [0.717, 1.165) is 11.4 Å². The van der Waals surface area contributed by atoms with Gasteiger partial charge in [0.15, 0.2) is 0 Å². The molecule has 0 radical (unpaired) electrons. The molecule has 0 aliphatic rings. The lowest BCUT2D eigenvalue weighted by Gasteiger charge is -2.06. The fourth-order valence-electron chi connectivity index (χ4n) is 1.62. The summed E-state index contributed by atoms with van der Waals surface area (Å²) in [6, 6.07) is 10.3. The van der Waals surface area contributed by atoms with Crippen molar-refractivity contribution in [3.8, 4) is 5.75 Å². The average Bonchev–Trinajstić information content (AvgIpc) is 2.39. The zero-order valence-corrected chi connectivity index (χ0v) is 11.9. The van der Waals surface area contributed by atoms with Crippen molar-refractivity contribution >= 4 is 21.8 Å². The Bertz CT molecular complexity index is 614. The van der Waals surface area contributed by atoms with Gasteiger partial charge < -0.3 is 10.4 Å². The molecule has 0 saturated heterocycles. The Morgan fingerprint density at radius 3 is 2.84 bits per heavy atom. The zero-order chi connectivity index (χ0) is 13.8. The van der Waals surface area contributed by atoms with Crippen molar-refractivity contribution in [3.63, 3.8) is 0 Å². The van der Waals surface area contributed by atoms with E-state index in [0.29, 0.717) is 16.6 Å². The van der Waals surface area contributed by atoms with E-state index in [-0.39, 0.29) is 11.7 Å². The van der Waals surface area contributed by atoms with Gasteiger partial charge in [0.1, 0.15) is 5.75 Å². The molecule has 1 heterocycles. The summed E-state index contributed by atoms with van der Waals surface area (Å²) < 4.78 is 0.560. The number of phenolic OH excluding ortho intramolecular Hbond substituents is 1. The molecule has 1 amide bonds. The van der Waals surface area contributed by atoms with Gasteiger partial charge in [-0.2, -0.15) is 0 Å². The van der Waals surface area contributed by atoms with Crippen LogP contribution in [0.1, 0.15) is 21.7 Å². The van der Waals surface area contributed by atoms with Gasteiger partial charge in [-0.15, -0.1) is 0 Å². The molecular formula is C14H13BrN2O2. The lowest BCUT2D eigenvalue weighted by Crippen LogP contribution is -2.23. The molecule has 0 unspecified atom stereocenters. The first-order valence-corrected chi connectivity index (χ1v) is 6.55. The molecule has 1 aromatic carbocycles. The lowest BCUT2D eigenvalue weighted by molar-refractivity contribution is 0.0950. The molecule has 0 atom stereocenters. The smallest absolute Gasteiger partial charge is 0.251 e. The number of carbonyl (C=O) groups is 1. The number of hydrogen-bond acceptors (Lipinski definition) is 3. The predicted octanol–water partition coefficient (Wildman–Crippen LogP) is 2.79. The second-order valence-electron chi connectivity index (χ2n) is 4.12. The maximum atomic E-state index is 11.9. The number of nitrogens with zero attached hydrogens (tertiary/aromatic N) is 1. The average molecular weight is 321 g/mol. The van der Waals surface area contributed by atoms with Crippen molar-refractivity contribution in [2.75, 3.05) is 0 Å². The molecule has 0 bridgehead atoms. The summed E-state index contributed by atoms with van der Waals surface area (Å²) in [4.78, 5) is 16.2. The Labute approximate surface area is 119 Å². The largest absolute Gasteiger partial charge is 0.507 e. The molecule has 0 spiro atoms. The Morgan fingerprint density at radius 2 is 2.16 bits per heavy atom. The Balaban J connectivity index is 2.03. The van der Waals surface area contributed by atoms with Crippen molar-refractivity contribution in [1.82, 2.24) is 10.3 Å². The molecule has 2 N–H and O–H groups in total. The molecule has 0 aliphatic heterocycles. The molecule has 0 fully saturated rings. The number of carbonyl (C=O) groups excluding carboxylic acids is 1. The van der Waals surface area contributed by atoms with Gasteiger partial charge in [0.05, 0.1) is 16.7 Å². The predicted molar refractivity (Wildman–Crippen MR) is 76.0 cm³/mol. The van der Waals surface area contributed by atoms with Gasteiger partial charge in [0.25, 0.3) is 5.91 Å². The van der Waals surface area contributed by atoms with Crippen LogP contribution in [-0.4, -0.2) is 16.0 Å². The zero-order valence-electron chi connectivity index (χ0n) is 10.4. The van der Waals surface area contributed by atoms with Gasteiger partial charge >= 0.3 is 0 Å². The highest BCUT2D eigenvalue weighted by atomic mass is 79.9.